The number of rotatable bonds is 5. The third kappa shape index (κ3) is 3.45. The lowest BCUT2D eigenvalue weighted by molar-refractivity contribution is 0.300. The third-order valence-electron chi connectivity index (χ3n) is 3.01. The number of nitrogens with one attached hydrogen (secondary N) is 1. The van der Waals surface area contributed by atoms with Gasteiger partial charge in [0.15, 0.2) is 10.3 Å². The highest BCUT2D eigenvalue weighted by Crippen LogP contribution is 2.26. The van der Waals surface area contributed by atoms with E-state index in [1.165, 1.54) is 6.42 Å². The molecule has 0 radical (unpaired) electrons. The van der Waals surface area contributed by atoms with Crippen molar-refractivity contribution in [2.75, 3.05) is 31.1 Å². The predicted molar refractivity (Wildman–Crippen MR) is 72.4 cm³/mol. The fourth-order valence-corrected chi connectivity index (χ4v) is 2.53. The molecule has 1 unspecified atom stereocenters. The van der Waals surface area contributed by atoms with E-state index in [0.29, 0.717) is 22.9 Å². The number of hydrogen-bond acceptors (Lipinski definition) is 5. The fraction of sp³-hybridized carbons (Fsp3) is 0.636. The molecule has 0 bridgehead atoms. The first-order valence-corrected chi connectivity index (χ1v) is 6.74. The molecule has 100 valence electrons. The van der Waals surface area contributed by atoms with Crippen LogP contribution >= 0.6 is 23.2 Å². The van der Waals surface area contributed by atoms with Gasteiger partial charge >= 0.3 is 0 Å². The standard InChI is InChI=1S/C11H16Cl2N4O/c12-10-6-9(11(13)16-15-10)17(4-5-18)7-8-2-1-3-14-8/h6,8,14,18H,1-5,7H2. The number of aliphatic hydroxyl groups is 1. The molecule has 1 aliphatic rings. The predicted octanol–water partition coefficient (Wildman–Crippen LogP) is 1.33. The van der Waals surface area contributed by atoms with Crippen LogP contribution in [0, 0.1) is 0 Å². The van der Waals surface area contributed by atoms with Crippen molar-refractivity contribution in [3.8, 4) is 0 Å². The Morgan fingerprint density at radius 3 is 2.94 bits per heavy atom. The second-order valence-electron chi connectivity index (χ2n) is 4.31. The van der Waals surface area contributed by atoms with E-state index in [2.05, 4.69) is 15.5 Å². The molecular formula is C11H16Cl2N4O. The first-order chi connectivity index (χ1) is 8.70. The van der Waals surface area contributed by atoms with Crippen LogP contribution in [0.2, 0.25) is 10.3 Å². The highest BCUT2D eigenvalue weighted by Gasteiger charge is 2.20. The summed E-state index contributed by atoms with van der Waals surface area (Å²) >= 11 is 11.9. The maximum absolute atomic E-state index is 9.16. The molecule has 0 spiro atoms. The summed E-state index contributed by atoms with van der Waals surface area (Å²) in [6.45, 7) is 2.38. The molecule has 1 aromatic rings. The molecule has 7 heteroatoms. The molecule has 0 amide bonds. The van der Waals surface area contributed by atoms with Gasteiger partial charge < -0.3 is 15.3 Å². The minimum Gasteiger partial charge on any atom is -0.395 e. The van der Waals surface area contributed by atoms with Crippen LogP contribution in [-0.2, 0) is 0 Å². The Bertz CT molecular complexity index is 399. The van der Waals surface area contributed by atoms with E-state index < -0.39 is 0 Å². The van der Waals surface area contributed by atoms with Crippen LogP contribution in [0.4, 0.5) is 5.69 Å². The highest BCUT2D eigenvalue weighted by atomic mass is 35.5. The largest absolute Gasteiger partial charge is 0.395 e. The van der Waals surface area contributed by atoms with Gasteiger partial charge in [-0.15, -0.1) is 10.2 Å². The van der Waals surface area contributed by atoms with Crippen LogP contribution in [0.15, 0.2) is 6.07 Å². The van der Waals surface area contributed by atoms with Crippen LogP contribution in [0.3, 0.4) is 0 Å². The van der Waals surface area contributed by atoms with Crippen LogP contribution in [0.1, 0.15) is 12.8 Å². The van der Waals surface area contributed by atoms with E-state index in [-0.39, 0.29) is 6.61 Å². The van der Waals surface area contributed by atoms with Gasteiger partial charge in [0.25, 0.3) is 0 Å². The monoisotopic (exact) mass is 290 g/mol. The Morgan fingerprint density at radius 1 is 1.44 bits per heavy atom. The Morgan fingerprint density at radius 2 is 2.28 bits per heavy atom. The van der Waals surface area contributed by atoms with E-state index in [1.54, 1.807) is 6.07 Å². The van der Waals surface area contributed by atoms with Gasteiger partial charge in [-0.25, -0.2) is 0 Å². The maximum atomic E-state index is 9.16. The smallest absolute Gasteiger partial charge is 0.175 e. The molecule has 5 nitrogen and oxygen atoms in total. The maximum Gasteiger partial charge on any atom is 0.175 e. The summed E-state index contributed by atoms with van der Waals surface area (Å²) in [5.74, 6) is 0. The van der Waals surface area contributed by atoms with Crippen molar-refractivity contribution in [1.82, 2.24) is 15.5 Å². The van der Waals surface area contributed by atoms with Crippen molar-refractivity contribution < 1.29 is 5.11 Å². The minimum absolute atomic E-state index is 0.0585. The Labute approximate surface area is 116 Å². The number of aromatic nitrogens is 2. The van der Waals surface area contributed by atoms with E-state index in [4.69, 9.17) is 28.3 Å². The van der Waals surface area contributed by atoms with Crippen LogP contribution in [0.25, 0.3) is 0 Å². The molecule has 2 heterocycles. The Hall–Kier alpha value is -0.620. The molecule has 0 aliphatic carbocycles. The SMILES string of the molecule is OCCN(CC1CCCN1)c1cc(Cl)nnc1Cl. The zero-order valence-corrected chi connectivity index (χ0v) is 11.5. The minimum atomic E-state index is 0.0585. The third-order valence-corrected chi connectivity index (χ3v) is 3.47. The Kier molecular flexibility index (Phi) is 5.00. The zero-order chi connectivity index (χ0) is 13.0. The second kappa shape index (κ2) is 6.52. The molecule has 0 aromatic carbocycles. The molecule has 1 saturated heterocycles. The van der Waals surface area contributed by atoms with Gasteiger partial charge in [-0.05, 0) is 19.4 Å². The lowest BCUT2D eigenvalue weighted by Crippen LogP contribution is -2.39. The molecule has 1 fully saturated rings. The second-order valence-corrected chi connectivity index (χ2v) is 5.05. The van der Waals surface area contributed by atoms with Gasteiger partial charge in [0, 0.05) is 25.2 Å². The topological polar surface area (TPSA) is 61.3 Å². The van der Waals surface area contributed by atoms with Crippen molar-refractivity contribution in [1.29, 1.82) is 0 Å². The molecule has 0 saturated carbocycles. The highest BCUT2D eigenvalue weighted by molar-refractivity contribution is 6.33. The molecule has 1 atom stereocenters. The number of halogens is 2. The van der Waals surface area contributed by atoms with Crippen molar-refractivity contribution in [3.63, 3.8) is 0 Å². The van der Waals surface area contributed by atoms with Gasteiger partial charge in [-0.1, -0.05) is 23.2 Å². The molecule has 2 rings (SSSR count). The van der Waals surface area contributed by atoms with Crippen LogP contribution in [-0.4, -0.2) is 47.6 Å². The van der Waals surface area contributed by atoms with Gasteiger partial charge in [-0.3, -0.25) is 0 Å². The van der Waals surface area contributed by atoms with Crippen molar-refractivity contribution >= 4 is 28.9 Å². The summed E-state index contributed by atoms with van der Waals surface area (Å²) in [6.07, 6.45) is 2.31. The normalized spacial score (nSPS) is 19.2. The molecule has 1 aromatic heterocycles. The van der Waals surface area contributed by atoms with Gasteiger partial charge in [0.1, 0.15) is 0 Å². The number of hydrogen-bond donors (Lipinski definition) is 2. The van der Waals surface area contributed by atoms with E-state index in [1.807, 2.05) is 4.90 Å². The van der Waals surface area contributed by atoms with E-state index >= 15 is 0 Å². The molecular weight excluding hydrogens is 275 g/mol. The average molecular weight is 291 g/mol. The number of nitrogens with zero attached hydrogens (tertiary/aromatic N) is 3. The van der Waals surface area contributed by atoms with Gasteiger partial charge in [-0.2, -0.15) is 0 Å². The molecule has 2 N–H and O–H groups in total. The van der Waals surface area contributed by atoms with Crippen molar-refractivity contribution in [2.24, 2.45) is 0 Å². The summed E-state index contributed by atoms with van der Waals surface area (Å²) in [7, 11) is 0. The van der Waals surface area contributed by atoms with Gasteiger partial charge in [0.2, 0.25) is 0 Å². The number of anilines is 1. The zero-order valence-electron chi connectivity index (χ0n) is 9.94. The van der Waals surface area contributed by atoms with E-state index in [0.717, 1.165) is 25.2 Å². The Balaban J connectivity index is 2.14. The number of aliphatic hydroxyl groups excluding tert-OH is 1. The lowest BCUT2D eigenvalue weighted by Gasteiger charge is -2.27. The van der Waals surface area contributed by atoms with Crippen molar-refractivity contribution in [2.45, 2.75) is 18.9 Å². The van der Waals surface area contributed by atoms with Crippen LogP contribution < -0.4 is 10.2 Å². The summed E-state index contributed by atoms with van der Waals surface area (Å²) in [5.41, 5.74) is 0.722. The summed E-state index contributed by atoms with van der Waals surface area (Å²) in [5, 5.41) is 20.7. The van der Waals surface area contributed by atoms with Crippen molar-refractivity contribution in [3.05, 3.63) is 16.4 Å². The summed E-state index contributed by atoms with van der Waals surface area (Å²) in [6, 6.07) is 2.10. The quantitative estimate of drug-likeness (QED) is 0.857. The first-order valence-electron chi connectivity index (χ1n) is 5.98. The average Bonchev–Trinajstić information content (AvgIpc) is 2.85. The van der Waals surface area contributed by atoms with Gasteiger partial charge in [0.05, 0.1) is 12.3 Å². The summed E-state index contributed by atoms with van der Waals surface area (Å²) in [4.78, 5) is 1.99. The summed E-state index contributed by atoms with van der Waals surface area (Å²) < 4.78 is 0. The fourth-order valence-electron chi connectivity index (χ4n) is 2.18. The van der Waals surface area contributed by atoms with E-state index in [9.17, 15) is 0 Å². The first kappa shape index (κ1) is 13.8. The lowest BCUT2D eigenvalue weighted by atomic mass is 10.2. The van der Waals surface area contributed by atoms with Crippen LogP contribution in [0.5, 0.6) is 0 Å². The molecule has 1 aliphatic heterocycles. The molecule has 18 heavy (non-hydrogen) atoms.